The molecule has 1 atom stereocenters. The number of sulfonamides is 1. The Labute approximate surface area is 214 Å². The van der Waals surface area contributed by atoms with Crippen LogP contribution < -0.4 is 9.62 Å². The highest BCUT2D eigenvalue weighted by atomic mass is 35.5. The van der Waals surface area contributed by atoms with Gasteiger partial charge in [0, 0.05) is 31.1 Å². The number of unbranched alkanes of at least 4 members (excludes halogenated alkanes) is 1. The Bertz CT molecular complexity index is 1060. The van der Waals surface area contributed by atoms with Crippen molar-refractivity contribution in [1.29, 1.82) is 0 Å². The van der Waals surface area contributed by atoms with Crippen LogP contribution in [-0.2, 0) is 26.2 Å². The Balaban J connectivity index is 2.19. The third-order valence-corrected chi connectivity index (χ3v) is 7.27. The molecule has 0 aliphatic rings. The van der Waals surface area contributed by atoms with E-state index in [1.54, 1.807) is 35.2 Å². The first-order chi connectivity index (χ1) is 16.7. The molecule has 0 spiro atoms. The van der Waals surface area contributed by atoms with Crippen LogP contribution in [0.4, 0.5) is 5.69 Å². The van der Waals surface area contributed by atoms with E-state index in [1.807, 2.05) is 38.1 Å². The first-order valence-electron chi connectivity index (χ1n) is 12.0. The molecule has 35 heavy (non-hydrogen) atoms. The van der Waals surface area contributed by atoms with E-state index in [2.05, 4.69) is 5.32 Å². The number of anilines is 1. The van der Waals surface area contributed by atoms with Crippen molar-refractivity contribution >= 4 is 39.1 Å². The molecule has 2 aromatic rings. The van der Waals surface area contributed by atoms with Crippen molar-refractivity contribution in [3.8, 4) is 0 Å². The third-order valence-electron chi connectivity index (χ3n) is 5.71. The van der Waals surface area contributed by atoms with E-state index in [4.69, 9.17) is 11.6 Å². The molecule has 0 unspecified atom stereocenters. The molecule has 2 aromatic carbocycles. The number of carbonyl (C=O) groups is 2. The van der Waals surface area contributed by atoms with Crippen molar-refractivity contribution in [3.63, 3.8) is 0 Å². The zero-order valence-corrected chi connectivity index (χ0v) is 22.3. The summed E-state index contributed by atoms with van der Waals surface area (Å²) >= 11 is 6.35. The van der Waals surface area contributed by atoms with Gasteiger partial charge < -0.3 is 10.2 Å². The topological polar surface area (TPSA) is 86.8 Å². The van der Waals surface area contributed by atoms with Gasteiger partial charge in [0.05, 0.1) is 11.9 Å². The normalized spacial score (nSPS) is 12.1. The molecule has 0 radical (unpaired) electrons. The van der Waals surface area contributed by atoms with E-state index in [0.29, 0.717) is 30.1 Å². The maximum Gasteiger partial charge on any atom is 0.242 e. The minimum absolute atomic E-state index is 0.0993. The van der Waals surface area contributed by atoms with Gasteiger partial charge in [-0.1, -0.05) is 68.3 Å². The molecule has 1 N–H and O–H groups in total. The summed E-state index contributed by atoms with van der Waals surface area (Å²) in [6, 6.07) is 15.4. The lowest BCUT2D eigenvalue weighted by molar-refractivity contribution is -0.141. The zero-order valence-electron chi connectivity index (χ0n) is 20.7. The number of nitrogens with zero attached hydrogens (tertiary/aromatic N) is 2. The van der Waals surface area contributed by atoms with Gasteiger partial charge in [-0.2, -0.15) is 0 Å². The number of halogens is 1. The maximum atomic E-state index is 13.4. The van der Waals surface area contributed by atoms with E-state index < -0.39 is 16.1 Å². The van der Waals surface area contributed by atoms with Gasteiger partial charge >= 0.3 is 0 Å². The first kappa shape index (κ1) is 28.7. The number of benzene rings is 2. The number of hydrogen-bond acceptors (Lipinski definition) is 4. The van der Waals surface area contributed by atoms with Gasteiger partial charge in [-0.05, 0) is 43.0 Å². The number of carbonyl (C=O) groups excluding carboxylic acids is 2. The molecule has 7 nitrogen and oxygen atoms in total. The van der Waals surface area contributed by atoms with Crippen LogP contribution in [0.15, 0.2) is 54.6 Å². The molecule has 9 heteroatoms. The summed E-state index contributed by atoms with van der Waals surface area (Å²) in [6.07, 6.45) is 3.84. The molecule has 0 fully saturated rings. The number of nitrogens with one attached hydrogen (secondary N) is 1. The Kier molecular flexibility index (Phi) is 11.5. The van der Waals surface area contributed by atoms with E-state index in [9.17, 15) is 18.0 Å². The first-order valence-corrected chi connectivity index (χ1v) is 14.2. The van der Waals surface area contributed by atoms with Crippen LogP contribution in [0.3, 0.4) is 0 Å². The molecule has 0 saturated heterocycles. The monoisotopic (exact) mass is 521 g/mol. The number of amides is 2. The van der Waals surface area contributed by atoms with Crippen molar-refractivity contribution in [1.82, 2.24) is 10.2 Å². The average molecular weight is 522 g/mol. The summed E-state index contributed by atoms with van der Waals surface area (Å²) in [5, 5.41) is 3.46. The standard InChI is InChI=1S/C26H36ClN3O4S/c1-4-6-18-28-26(32)24(5-2)29(20-21-13-10-11-16-23(21)27)25(31)17-12-19-30(35(3,33)34)22-14-8-7-9-15-22/h7-11,13-16,24H,4-6,12,17-20H2,1-3H3,(H,28,32)/t24-/m1/s1. The Hall–Kier alpha value is -2.58. The summed E-state index contributed by atoms with van der Waals surface area (Å²) < 4.78 is 26.0. The second-order valence-electron chi connectivity index (χ2n) is 8.46. The predicted octanol–water partition coefficient (Wildman–Crippen LogP) is 4.61. The molecule has 0 aliphatic heterocycles. The number of para-hydroxylation sites is 1. The van der Waals surface area contributed by atoms with Crippen LogP contribution >= 0.6 is 11.6 Å². The van der Waals surface area contributed by atoms with Crippen LogP contribution in [0, 0.1) is 0 Å². The summed E-state index contributed by atoms with van der Waals surface area (Å²) in [5.41, 5.74) is 1.31. The van der Waals surface area contributed by atoms with Gasteiger partial charge in [0.15, 0.2) is 0 Å². The van der Waals surface area contributed by atoms with Crippen LogP contribution in [0.2, 0.25) is 5.02 Å². The molecule has 0 saturated carbocycles. The molecule has 0 aromatic heterocycles. The lowest BCUT2D eigenvalue weighted by atomic mass is 10.1. The van der Waals surface area contributed by atoms with E-state index in [1.165, 1.54) is 4.31 Å². The van der Waals surface area contributed by atoms with Gasteiger partial charge in [-0.15, -0.1) is 0 Å². The predicted molar refractivity (Wildman–Crippen MR) is 142 cm³/mol. The van der Waals surface area contributed by atoms with Crippen LogP contribution in [-0.4, -0.2) is 50.5 Å². The van der Waals surface area contributed by atoms with Gasteiger partial charge in [0.25, 0.3) is 0 Å². The SMILES string of the molecule is CCCCNC(=O)[C@@H](CC)N(Cc1ccccc1Cl)C(=O)CCCN(c1ccccc1)S(C)(=O)=O. The fourth-order valence-corrected chi connectivity index (χ4v) is 4.99. The number of hydrogen-bond donors (Lipinski definition) is 1. The zero-order chi connectivity index (χ0) is 25.8. The second-order valence-corrected chi connectivity index (χ2v) is 10.8. The minimum Gasteiger partial charge on any atom is -0.354 e. The van der Waals surface area contributed by atoms with Crippen molar-refractivity contribution in [3.05, 3.63) is 65.2 Å². The smallest absolute Gasteiger partial charge is 0.242 e. The molecule has 2 amide bonds. The Morgan fingerprint density at radius 2 is 1.66 bits per heavy atom. The van der Waals surface area contributed by atoms with Crippen molar-refractivity contribution in [2.24, 2.45) is 0 Å². The molecule has 0 aliphatic carbocycles. The third kappa shape index (κ3) is 8.85. The largest absolute Gasteiger partial charge is 0.354 e. The van der Waals surface area contributed by atoms with Gasteiger partial charge in [0.2, 0.25) is 21.8 Å². The van der Waals surface area contributed by atoms with E-state index in [0.717, 1.165) is 24.7 Å². The fourth-order valence-electron chi connectivity index (χ4n) is 3.83. The maximum absolute atomic E-state index is 13.4. The Morgan fingerprint density at radius 1 is 1.00 bits per heavy atom. The summed E-state index contributed by atoms with van der Waals surface area (Å²) in [6.45, 7) is 4.84. The quantitative estimate of drug-likeness (QED) is 0.368. The molecular formula is C26H36ClN3O4S. The minimum atomic E-state index is -3.51. The number of rotatable bonds is 14. The highest BCUT2D eigenvalue weighted by Crippen LogP contribution is 2.22. The van der Waals surface area contributed by atoms with Crippen molar-refractivity contribution in [2.45, 2.75) is 58.5 Å². The lowest BCUT2D eigenvalue weighted by Crippen LogP contribution is -2.49. The van der Waals surface area contributed by atoms with Gasteiger partial charge in [0.1, 0.15) is 6.04 Å². The fraction of sp³-hybridized carbons (Fsp3) is 0.462. The molecular weight excluding hydrogens is 486 g/mol. The summed E-state index contributed by atoms with van der Waals surface area (Å²) in [4.78, 5) is 27.9. The lowest BCUT2D eigenvalue weighted by Gasteiger charge is -2.31. The van der Waals surface area contributed by atoms with E-state index in [-0.39, 0.29) is 31.3 Å². The highest BCUT2D eigenvalue weighted by molar-refractivity contribution is 7.92. The molecule has 0 heterocycles. The average Bonchev–Trinajstić information content (AvgIpc) is 2.82. The highest BCUT2D eigenvalue weighted by Gasteiger charge is 2.29. The molecule has 192 valence electrons. The second kappa shape index (κ2) is 14.1. The van der Waals surface area contributed by atoms with E-state index >= 15 is 0 Å². The Morgan fingerprint density at radius 3 is 2.26 bits per heavy atom. The van der Waals surface area contributed by atoms with Crippen molar-refractivity contribution < 1.29 is 18.0 Å². The molecule has 2 rings (SSSR count). The van der Waals surface area contributed by atoms with Gasteiger partial charge in [-0.25, -0.2) is 8.42 Å². The summed E-state index contributed by atoms with van der Waals surface area (Å²) in [5.74, 6) is -0.410. The van der Waals surface area contributed by atoms with Crippen LogP contribution in [0.1, 0.15) is 51.5 Å². The van der Waals surface area contributed by atoms with Gasteiger partial charge in [-0.3, -0.25) is 13.9 Å². The van der Waals surface area contributed by atoms with Crippen LogP contribution in [0.25, 0.3) is 0 Å². The van der Waals surface area contributed by atoms with Crippen LogP contribution in [0.5, 0.6) is 0 Å². The molecule has 0 bridgehead atoms. The summed E-state index contributed by atoms with van der Waals surface area (Å²) in [7, 11) is -3.51. The van der Waals surface area contributed by atoms with Crippen molar-refractivity contribution in [2.75, 3.05) is 23.7 Å².